The van der Waals surface area contributed by atoms with Gasteiger partial charge in [0.25, 0.3) is 0 Å². The summed E-state index contributed by atoms with van der Waals surface area (Å²) in [5.74, 6) is 0.449. The summed E-state index contributed by atoms with van der Waals surface area (Å²) in [6, 6.07) is 20.2. The van der Waals surface area contributed by atoms with Gasteiger partial charge in [0.15, 0.2) is 0 Å². The third kappa shape index (κ3) is 3.65. The summed E-state index contributed by atoms with van der Waals surface area (Å²) in [5, 5.41) is 0. The molecule has 0 aliphatic carbocycles. The minimum absolute atomic E-state index is 0.204. The number of piperidine rings is 1. The van der Waals surface area contributed by atoms with E-state index in [0.717, 1.165) is 37.1 Å². The van der Waals surface area contributed by atoms with Gasteiger partial charge < -0.3 is 9.47 Å². The van der Waals surface area contributed by atoms with Gasteiger partial charge in [0.2, 0.25) is 5.91 Å². The Hall–Kier alpha value is -2.88. The molecule has 0 unspecified atom stereocenters. The van der Waals surface area contributed by atoms with Crippen molar-refractivity contribution in [3.05, 3.63) is 90.0 Å². The number of benzene rings is 2. The van der Waals surface area contributed by atoms with E-state index < -0.39 is 0 Å². The van der Waals surface area contributed by atoms with Crippen LogP contribution >= 0.6 is 0 Å². The number of carbonyl (C=O) groups excluding carboxylic acids is 1. The third-order valence-corrected chi connectivity index (χ3v) is 5.59. The molecule has 0 atom stereocenters. The molecule has 1 aromatic heterocycles. The first-order valence-electron chi connectivity index (χ1n) is 9.59. The van der Waals surface area contributed by atoms with Crippen LogP contribution in [0.3, 0.4) is 0 Å². The topological polar surface area (TPSA) is 38.1 Å². The monoisotopic (exact) mass is 359 g/mol. The van der Waals surface area contributed by atoms with E-state index in [1.54, 1.807) is 0 Å². The highest BCUT2D eigenvalue weighted by atomic mass is 16.2. The molecule has 0 saturated carbocycles. The zero-order chi connectivity index (χ0) is 18.6. The number of likely N-dealkylation sites (tertiary alicyclic amines) is 1. The van der Waals surface area contributed by atoms with Crippen molar-refractivity contribution in [2.75, 3.05) is 13.1 Å². The van der Waals surface area contributed by atoms with Crippen molar-refractivity contribution in [3.63, 3.8) is 0 Å². The number of amides is 1. The molecule has 0 N–H and O–H groups in total. The van der Waals surface area contributed by atoms with E-state index in [2.05, 4.69) is 33.8 Å². The first-order valence-corrected chi connectivity index (χ1v) is 9.59. The minimum atomic E-state index is -0.236. The van der Waals surface area contributed by atoms with Gasteiger partial charge in [-0.05, 0) is 24.0 Å². The molecule has 1 fully saturated rings. The summed E-state index contributed by atoms with van der Waals surface area (Å²) >= 11 is 0. The number of hydrogen-bond acceptors (Lipinski definition) is 2. The number of hydrogen-bond donors (Lipinski definition) is 0. The van der Waals surface area contributed by atoms with E-state index >= 15 is 0 Å². The van der Waals surface area contributed by atoms with Gasteiger partial charge in [0.05, 0.1) is 12.2 Å². The van der Waals surface area contributed by atoms with Gasteiger partial charge in [-0.1, -0.05) is 60.7 Å². The van der Waals surface area contributed by atoms with Crippen molar-refractivity contribution >= 4 is 5.91 Å². The van der Waals surface area contributed by atoms with Crippen molar-refractivity contribution in [2.24, 2.45) is 7.05 Å². The standard InChI is InChI=1S/C23H25N3O/c1-25-17-24-16-21(25)18-12-14-26(15-13-18)23(27)22(19-8-4-2-5-9-19)20-10-6-3-7-11-20/h2-11,16-18,22H,12-15H2,1H3. The highest BCUT2D eigenvalue weighted by Gasteiger charge is 2.31. The molecule has 0 bridgehead atoms. The molecular weight excluding hydrogens is 334 g/mol. The maximum absolute atomic E-state index is 13.5. The van der Waals surface area contributed by atoms with Crippen LogP contribution in [0.15, 0.2) is 73.2 Å². The van der Waals surface area contributed by atoms with E-state index in [1.807, 2.05) is 60.9 Å². The number of aromatic nitrogens is 2. The Labute approximate surface area is 160 Å². The van der Waals surface area contributed by atoms with Crippen molar-refractivity contribution in [1.29, 1.82) is 0 Å². The van der Waals surface area contributed by atoms with E-state index in [0.29, 0.717) is 5.92 Å². The van der Waals surface area contributed by atoms with Crippen LogP contribution in [0, 0.1) is 0 Å². The Morgan fingerprint density at radius 2 is 1.52 bits per heavy atom. The zero-order valence-electron chi connectivity index (χ0n) is 15.7. The van der Waals surface area contributed by atoms with Crippen LogP contribution in [0.4, 0.5) is 0 Å². The van der Waals surface area contributed by atoms with E-state index in [1.165, 1.54) is 5.69 Å². The number of aryl methyl sites for hydroxylation is 1. The van der Waals surface area contributed by atoms with Crippen LogP contribution in [0.1, 0.15) is 41.5 Å². The van der Waals surface area contributed by atoms with Crippen molar-refractivity contribution < 1.29 is 4.79 Å². The van der Waals surface area contributed by atoms with E-state index in [4.69, 9.17) is 0 Å². The second-order valence-corrected chi connectivity index (χ2v) is 7.28. The Balaban J connectivity index is 1.54. The normalized spacial score (nSPS) is 15.3. The average Bonchev–Trinajstić information content (AvgIpc) is 3.16. The van der Waals surface area contributed by atoms with Gasteiger partial charge >= 0.3 is 0 Å². The highest BCUT2D eigenvalue weighted by molar-refractivity contribution is 5.87. The predicted octanol–water partition coefficient (Wildman–Crippen LogP) is 3.96. The fourth-order valence-corrected chi connectivity index (χ4v) is 4.11. The average molecular weight is 359 g/mol. The van der Waals surface area contributed by atoms with Gasteiger partial charge in [-0.25, -0.2) is 4.98 Å². The van der Waals surface area contributed by atoms with Crippen LogP contribution in [0.2, 0.25) is 0 Å². The van der Waals surface area contributed by atoms with Gasteiger partial charge in [-0.2, -0.15) is 0 Å². The second-order valence-electron chi connectivity index (χ2n) is 7.28. The van der Waals surface area contributed by atoms with Gasteiger partial charge in [0.1, 0.15) is 0 Å². The Bertz CT molecular complexity index is 841. The van der Waals surface area contributed by atoms with Crippen LogP contribution in [-0.4, -0.2) is 33.4 Å². The van der Waals surface area contributed by atoms with Gasteiger partial charge in [-0.15, -0.1) is 0 Å². The molecule has 0 spiro atoms. The summed E-state index contributed by atoms with van der Waals surface area (Å²) in [7, 11) is 2.04. The Morgan fingerprint density at radius 1 is 0.963 bits per heavy atom. The van der Waals surface area contributed by atoms with Crippen LogP contribution < -0.4 is 0 Å². The van der Waals surface area contributed by atoms with Crippen LogP contribution in [-0.2, 0) is 11.8 Å². The number of rotatable bonds is 4. The van der Waals surface area contributed by atoms with E-state index in [-0.39, 0.29) is 11.8 Å². The molecule has 1 saturated heterocycles. The summed E-state index contributed by atoms with van der Waals surface area (Å²) < 4.78 is 2.10. The maximum atomic E-state index is 13.5. The molecule has 27 heavy (non-hydrogen) atoms. The molecule has 4 heteroatoms. The molecule has 0 radical (unpaired) electrons. The van der Waals surface area contributed by atoms with Crippen molar-refractivity contribution in [2.45, 2.75) is 24.7 Å². The van der Waals surface area contributed by atoms with E-state index in [9.17, 15) is 4.79 Å². The Kier molecular flexibility index (Phi) is 5.05. The quantitative estimate of drug-likeness (QED) is 0.707. The molecule has 4 rings (SSSR count). The minimum Gasteiger partial charge on any atom is -0.342 e. The SMILES string of the molecule is Cn1cncc1C1CCN(C(=O)C(c2ccccc2)c2ccccc2)CC1. The Morgan fingerprint density at radius 3 is 2.00 bits per heavy atom. The summed E-state index contributed by atoms with van der Waals surface area (Å²) in [6.07, 6.45) is 5.79. The van der Waals surface area contributed by atoms with Crippen molar-refractivity contribution in [1.82, 2.24) is 14.5 Å². The summed E-state index contributed by atoms with van der Waals surface area (Å²) in [5.41, 5.74) is 3.38. The first-order chi connectivity index (χ1) is 13.2. The van der Waals surface area contributed by atoms with Crippen molar-refractivity contribution in [3.8, 4) is 0 Å². The molecule has 1 aliphatic heterocycles. The lowest BCUT2D eigenvalue weighted by molar-refractivity contribution is -0.132. The molecule has 2 heterocycles. The highest BCUT2D eigenvalue weighted by Crippen LogP contribution is 2.32. The lowest BCUT2D eigenvalue weighted by Gasteiger charge is -2.34. The zero-order valence-corrected chi connectivity index (χ0v) is 15.7. The maximum Gasteiger partial charge on any atom is 0.234 e. The molecule has 2 aromatic carbocycles. The number of imidazole rings is 1. The molecule has 138 valence electrons. The summed E-state index contributed by atoms with van der Waals surface area (Å²) in [6.45, 7) is 1.59. The first kappa shape index (κ1) is 17.5. The lowest BCUT2D eigenvalue weighted by atomic mass is 9.88. The number of nitrogens with zero attached hydrogens (tertiary/aromatic N) is 3. The van der Waals surface area contributed by atoms with Crippen LogP contribution in [0.5, 0.6) is 0 Å². The number of carbonyl (C=O) groups is 1. The fourth-order valence-electron chi connectivity index (χ4n) is 4.11. The predicted molar refractivity (Wildman–Crippen MR) is 106 cm³/mol. The fraction of sp³-hybridized carbons (Fsp3) is 0.304. The van der Waals surface area contributed by atoms with Gasteiger partial charge in [-0.3, -0.25) is 4.79 Å². The molecule has 3 aromatic rings. The second kappa shape index (κ2) is 7.78. The molecule has 4 nitrogen and oxygen atoms in total. The summed E-state index contributed by atoms with van der Waals surface area (Å²) in [4.78, 5) is 19.7. The molecule has 1 amide bonds. The van der Waals surface area contributed by atoms with Gasteiger partial charge in [0, 0.05) is 37.9 Å². The lowest BCUT2D eigenvalue weighted by Crippen LogP contribution is -2.41. The smallest absolute Gasteiger partial charge is 0.234 e. The molecule has 1 aliphatic rings. The third-order valence-electron chi connectivity index (χ3n) is 5.59. The van der Waals surface area contributed by atoms with Crippen LogP contribution in [0.25, 0.3) is 0 Å². The largest absolute Gasteiger partial charge is 0.342 e. The molecular formula is C23H25N3O.